The van der Waals surface area contributed by atoms with Crippen molar-refractivity contribution in [2.75, 3.05) is 19.7 Å². The lowest BCUT2D eigenvalue weighted by molar-refractivity contribution is 0.0596. The molecule has 8 heteroatoms. The number of carbonyl (C=O) groups is 2. The van der Waals surface area contributed by atoms with Gasteiger partial charge in [0.25, 0.3) is 5.91 Å². The van der Waals surface area contributed by atoms with Crippen LogP contribution >= 0.6 is 0 Å². The number of aryl methyl sites for hydroxylation is 1. The molecule has 0 fully saturated rings. The van der Waals surface area contributed by atoms with Crippen LogP contribution in [0, 0.1) is 6.92 Å². The second-order valence-electron chi connectivity index (χ2n) is 6.48. The molecule has 3 aromatic rings. The van der Waals surface area contributed by atoms with E-state index in [1.54, 1.807) is 48.5 Å². The molecule has 3 aromatic carbocycles. The van der Waals surface area contributed by atoms with Crippen LogP contribution in [0.15, 0.2) is 77.0 Å². The molecule has 0 aliphatic carbocycles. The van der Waals surface area contributed by atoms with E-state index in [-0.39, 0.29) is 0 Å². The van der Waals surface area contributed by atoms with Crippen LogP contribution in [0.4, 0.5) is 11.4 Å². The number of hydrogen-bond acceptors (Lipinski definition) is 7. The summed E-state index contributed by atoms with van der Waals surface area (Å²) in [5, 5.41) is 7.67. The van der Waals surface area contributed by atoms with Crippen molar-refractivity contribution in [2.45, 2.75) is 6.92 Å². The average Bonchev–Trinajstić information content (AvgIpc) is 2.81. The lowest BCUT2D eigenvalue weighted by Crippen LogP contribution is -2.10. The van der Waals surface area contributed by atoms with Gasteiger partial charge in [-0.2, -0.15) is 0 Å². The Bertz CT molecular complexity index is 1090. The summed E-state index contributed by atoms with van der Waals surface area (Å²) < 4.78 is 10.3. The van der Waals surface area contributed by atoms with Crippen LogP contribution in [0.25, 0.3) is 0 Å². The first-order chi connectivity index (χ1) is 15.0. The number of amides is 1. The molecule has 0 heterocycles. The van der Waals surface area contributed by atoms with Crippen LogP contribution in [0.5, 0.6) is 11.5 Å². The zero-order chi connectivity index (χ0) is 22.2. The highest BCUT2D eigenvalue weighted by atomic mass is 16.7. The summed E-state index contributed by atoms with van der Waals surface area (Å²) in [5.74, 6) is -0.0687. The Labute approximate surface area is 179 Å². The van der Waals surface area contributed by atoms with Crippen molar-refractivity contribution in [3.63, 3.8) is 0 Å². The fraction of sp³-hybridized carbons (Fsp3) is 0.130. The van der Waals surface area contributed by atoms with Gasteiger partial charge in [-0.25, -0.2) is 10.3 Å². The van der Waals surface area contributed by atoms with Crippen molar-refractivity contribution in [1.82, 2.24) is 0 Å². The Balaban J connectivity index is 1.58. The van der Waals surface area contributed by atoms with Gasteiger partial charge < -0.3 is 14.3 Å². The molecule has 1 N–H and O–H groups in total. The third-order valence-corrected chi connectivity index (χ3v) is 4.30. The number of methoxy groups -OCH3 is 2. The van der Waals surface area contributed by atoms with E-state index in [0.29, 0.717) is 34.0 Å². The van der Waals surface area contributed by atoms with E-state index in [0.717, 1.165) is 5.56 Å². The van der Waals surface area contributed by atoms with Crippen LogP contribution < -0.4 is 15.0 Å². The summed E-state index contributed by atoms with van der Waals surface area (Å²) in [6.45, 7) is 1.94. The first-order valence-corrected chi connectivity index (χ1v) is 9.32. The second-order valence-corrected chi connectivity index (χ2v) is 6.48. The van der Waals surface area contributed by atoms with Gasteiger partial charge in [-0.05, 0) is 61.5 Å². The third-order valence-electron chi connectivity index (χ3n) is 4.30. The summed E-state index contributed by atoms with van der Waals surface area (Å²) in [4.78, 5) is 29.4. The summed E-state index contributed by atoms with van der Waals surface area (Å²) in [5.41, 5.74) is 5.41. The molecule has 0 spiro atoms. The molecule has 3 rings (SSSR count). The first kappa shape index (κ1) is 21.5. The van der Waals surface area contributed by atoms with Crippen LogP contribution in [0.3, 0.4) is 0 Å². The smallest absolute Gasteiger partial charge is 0.362 e. The Kier molecular flexibility index (Phi) is 6.95. The molecule has 0 radical (unpaired) electrons. The average molecular weight is 419 g/mol. The van der Waals surface area contributed by atoms with Crippen LogP contribution in [-0.4, -0.2) is 26.1 Å². The van der Waals surface area contributed by atoms with Crippen LogP contribution in [0.1, 0.15) is 26.3 Å². The Morgan fingerprint density at radius 2 is 1.45 bits per heavy atom. The third kappa shape index (κ3) is 5.66. The summed E-state index contributed by atoms with van der Waals surface area (Å²) >= 11 is 0. The van der Waals surface area contributed by atoms with Gasteiger partial charge in [-0.3, -0.25) is 4.79 Å². The molecule has 0 saturated carbocycles. The topological polar surface area (TPSA) is 98.6 Å². The minimum atomic E-state index is -0.518. The van der Waals surface area contributed by atoms with E-state index in [4.69, 9.17) is 14.3 Å². The number of azo groups is 1. The number of carbonyl (C=O) groups excluding carboxylic acids is 2. The molecule has 0 saturated heterocycles. The van der Waals surface area contributed by atoms with Crippen molar-refractivity contribution in [3.8, 4) is 11.5 Å². The lowest BCUT2D eigenvalue weighted by Gasteiger charge is -2.07. The number of anilines is 1. The van der Waals surface area contributed by atoms with E-state index in [9.17, 15) is 9.59 Å². The van der Waals surface area contributed by atoms with Gasteiger partial charge in [0.2, 0.25) is 0 Å². The molecule has 1 amide bonds. The molecule has 0 bridgehead atoms. The largest absolute Gasteiger partial charge is 0.493 e. The molecule has 8 nitrogen and oxygen atoms in total. The fourth-order valence-corrected chi connectivity index (χ4v) is 2.58. The van der Waals surface area contributed by atoms with Crippen molar-refractivity contribution in [1.29, 1.82) is 0 Å². The maximum atomic E-state index is 12.3. The number of benzene rings is 3. The lowest BCUT2D eigenvalue weighted by atomic mass is 10.2. The molecule has 0 aliphatic rings. The predicted octanol–water partition coefficient (Wildman–Crippen LogP) is 5.12. The molecule has 0 aliphatic heterocycles. The van der Waals surface area contributed by atoms with Gasteiger partial charge in [-0.1, -0.05) is 17.7 Å². The summed E-state index contributed by atoms with van der Waals surface area (Å²) in [7, 11) is 3.00. The maximum absolute atomic E-state index is 12.3. The van der Waals surface area contributed by atoms with E-state index >= 15 is 0 Å². The van der Waals surface area contributed by atoms with Gasteiger partial charge in [0.1, 0.15) is 0 Å². The van der Waals surface area contributed by atoms with Gasteiger partial charge in [0.05, 0.1) is 31.2 Å². The fourth-order valence-electron chi connectivity index (χ4n) is 2.58. The molecule has 0 unspecified atom stereocenters. The Morgan fingerprint density at radius 1 is 0.806 bits per heavy atom. The second kappa shape index (κ2) is 10.0. The number of rotatable bonds is 7. The van der Waals surface area contributed by atoms with Gasteiger partial charge in [0, 0.05) is 5.56 Å². The number of ether oxygens (including phenoxy) is 2. The quantitative estimate of drug-likeness (QED) is 0.422. The number of hydrogen-bond donors (Lipinski definition) is 1. The van der Waals surface area contributed by atoms with Crippen molar-refractivity contribution in [3.05, 3.63) is 83.4 Å². The van der Waals surface area contributed by atoms with Crippen molar-refractivity contribution >= 4 is 23.3 Å². The van der Waals surface area contributed by atoms with Crippen molar-refractivity contribution in [2.24, 2.45) is 10.2 Å². The van der Waals surface area contributed by atoms with Gasteiger partial charge in [-0.15, -0.1) is 10.2 Å². The molecular weight excluding hydrogens is 398 g/mol. The maximum Gasteiger partial charge on any atom is 0.362 e. The van der Waals surface area contributed by atoms with E-state index in [1.165, 1.54) is 20.3 Å². The first-order valence-electron chi connectivity index (χ1n) is 9.32. The minimum absolute atomic E-state index is 0.322. The highest BCUT2D eigenvalue weighted by molar-refractivity contribution is 5.95. The molecule has 31 heavy (non-hydrogen) atoms. The Hall–Kier alpha value is -4.20. The van der Waals surface area contributed by atoms with Gasteiger partial charge in [0.15, 0.2) is 11.5 Å². The number of nitrogens with one attached hydrogen (secondary N) is 1. The highest BCUT2D eigenvalue weighted by Gasteiger charge is 2.10. The van der Waals surface area contributed by atoms with Gasteiger partial charge >= 0.3 is 5.97 Å². The SMILES string of the molecule is COc1ccc(C(=O)N=Nc2ccc(NOC(=O)c3ccc(C)cc3)cc2)cc1OC. The van der Waals surface area contributed by atoms with E-state index < -0.39 is 11.9 Å². The normalized spacial score (nSPS) is 10.5. The molecule has 0 aromatic heterocycles. The number of nitrogens with zero attached hydrogens (tertiary/aromatic N) is 2. The van der Waals surface area contributed by atoms with Crippen molar-refractivity contribution < 1.29 is 23.9 Å². The van der Waals surface area contributed by atoms with Crippen LogP contribution in [0.2, 0.25) is 0 Å². The minimum Gasteiger partial charge on any atom is -0.493 e. The summed E-state index contributed by atoms with van der Waals surface area (Å²) in [6.07, 6.45) is 0. The van der Waals surface area contributed by atoms with E-state index in [1.807, 2.05) is 19.1 Å². The summed E-state index contributed by atoms with van der Waals surface area (Å²) in [6, 6.07) is 18.4. The molecular formula is C23H21N3O5. The monoisotopic (exact) mass is 419 g/mol. The van der Waals surface area contributed by atoms with E-state index in [2.05, 4.69) is 15.7 Å². The highest BCUT2D eigenvalue weighted by Crippen LogP contribution is 2.28. The zero-order valence-corrected chi connectivity index (χ0v) is 17.3. The zero-order valence-electron chi connectivity index (χ0n) is 17.3. The standard InChI is InChI=1S/C23H21N3O5/c1-15-4-6-16(7-5-15)23(28)31-26-19-11-9-18(10-12-19)24-25-22(27)17-8-13-20(29-2)21(14-17)30-3/h4-14,26H,1-3H3. The molecule has 158 valence electrons. The molecule has 0 atom stereocenters. The Morgan fingerprint density at radius 3 is 2.10 bits per heavy atom. The van der Waals surface area contributed by atoms with Crippen LogP contribution in [-0.2, 0) is 4.84 Å². The predicted molar refractivity (Wildman–Crippen MR) is 115 cm³/mol.